The van der Waals surface area contributed by atoms with Gasteiger partial charge < -0.3 is 4.90 Å². The molecule has 0 N–H and O–H groups in total. The molecule has 2 aromatic carbocycles. The van der Waals surface area contributed by atoms with E-state index in [0.717, 1.165) is 24.0 Å². The van der Waals surface area contributed by atoms with Crippen molar-refractivity contribution < 1.29 is 17.6 Å². The summed E-state index contributed by atoms with van der Waals surface area (Å²) in [6.07, 6.45) is 2.18. The number of carbonyl (C=O) groups is 1. The molecule has 9 heteroatoms. The second-order valence-electron chi connectivity index (χ2n) is 8.33. The molecule has 5 rings (SSSR count). The molecule has 1 fully saturated rings. The van der Waals surface area contributed by atoms with Gasteiger partial charge in [-0.3, -0.25) is 4.79 Å². The van der Waals surface area contributed by atoms with Crippen molar-refractivity contribution in [2.75, 3.05) is 13.1 Å². The minimum absolute atomic E-state index is 0.125. The molecule has 0 bridgehead atoms. The second kappa shape index (κ2) is 8.83. The van der Waals surface area contributed by atoms with E-state index >= 15 is 0 Å². The van der Waals surface area contributed by atoms with E-state index < -0.39 is 10.0 Å². The fourth-order valence-electron chi connectivity index (χ4n) is 4.33. The summed E-state index contributed by atoms with van der Waals surface area (Å²) >= 11 is 7.57. The van der Waals surface area contributed by atoms with Crippen molar-refractivity contribution in [2.45, 2.75) is 36.2 Å². The van der Waals surface area contributed by atoms with Crippen LogP contribution < -0.4 is 0 Å². The van der Waals surface area contributed by atoms with Crippen LogP contribution in [0.15, 0.2) is 64.9 Å². The highest BCUT2D eigenvalue weighted by atomic mass is 35.5. The molecule has 1 atom stereocenters. The molecule has 33 heavy (non-hydrogen) atoms. The maximum Gasteiger partial charge on any atom is 0.243 e. The zero-order valence-corrected chi connectivity index (χ0v) is 20.0. The third-order valence-electron chi connectivity index (χ3n) is 6.14. The number of amides is 1. The Kier molecular flexibility index (Phi) is 6.03. The number of halogens is 2. The zero-order valence-electron chi connectivity index (χ0n) is 17.7. The molecule has 2 heterocycles. The summed E-state index contributed by atoms with van der Waals surface area (Å²) in [7, 11) is -3.85. The summed E-state index contributed by atoms with van der Waals surface area (Å²) in [4.78, 5) is 16.6. The van der Waals surface area contributed by atoms with Crippen LogP contribution >= 0.6 is 22.9 Å². The van der Waals surface area contributed by atoms with E-state index in [2.05, 4.69) is 0 Å². The molecule has 3 aromatic rings. The number of carbonyl (C=O) groups excluding carboxylic acids is 1. The monoisotopic (exact) mass is 504 g/mol. The molecular weight excluding hydrogens is 483 g/mol. The van der Waals surface area contributed by atoms with Gasteiger partial charge in [0.2, 0.25) is 15.9 Å². The van der Waals surface area contributed by atoms with Crippen LogP contribution in [-0.4, -0.2) is 42.7 Å². The minimum atomic E-state index is -3.85. The molecule has 1 saturated carbocycles. The molecular formula is C24H22ClFN2O3S2. The third kappa shape index (κ3) is 4.45. The third-order valence-corrected chi connectivity index (χ3v) is 9.30. The number of hydrogen-bond donors (Lipinski definition) is 0. The lowest BCUT2D eigenvalue weighted by molar-refractivity contribution is -0.133. The van der Waals surface area contributed by atoms with Crippen LogP contribution in [0.25, 0.3) is 0 Å². The highest BCUT2D eigenvalue weighted by Gasteiger charge is 2.41. The van der Waals surface area contributed by atoms with E-state index in [0.29, 0.717) is 18.0 Å². The van der Waals surface area contributed by atoms with E-state index in [4.69, 9.17) is 11.6 Å². The Balaban J connectivity index is 1.46. The van der Waals surface area contributed by atoms with Crippen LogP contribution in [0.4, 0.5) is 4.39 Å². The first-order chi connectivity index (χ1) is 15.8. The van der Waals surface area contributed by atoms with Crippen LogP contribution in [-0.2, 0) is 21.2 Å². The first-order valence-electron chi connectivity index (χ1n) is 10.7. The summed E-state index contributed by atoms with van der Waals surface area (Å²) in [5.41, 5.74) is 1.83. The predicted octanol–water partition coefficient (Wildman–Crippen LogP) is 4.87. The van der Waals surface area contributed by atoms with Crippen molar-refractivity contribution in [3.63, 3.8) is 0 Å². The van der Waals surface area contributed by atoms with Gasteiger partial charge in [0.05, 0.1) is 17.5 Å². The lowest BCUT2D eigenvalue weighted by atomic mass is 9.93. The van der Waals surface area contributed by atoms with Gasteiger partial charge in [0.25, 0.3) is 0 Å². The van der Waals surface area contributed by atoms with Gasteiger partial charge in [0.1, 0.15) is 5.82 Å². The van der Waals surface area contributed by atoms with E-state index in [-0.39, 0.29) is 35.2 Å². The SMILES string of the molecule is O=C(CN(C1CC1)S(=O)(=O)c1ccc(Cl)cc1)N1CCc2sccc2[C@H]1c1ccc(F)cc1. The van der Waals surface area contributed by atoms with E-state index in [1.54, 1.807) is 28.4 Å². The molecule has 0 spiro atoms. The number of benzene rings is 2. The average Bonchev–Trinajstić information content (AvgIpc) is 3.53. The Morgan fingerprint density at radius 2 is 1.79 bits per heavy atom. The maximum atomic E-state index is 13.6. The highest BCUT2D eigenvalue weighted by Crippen LogP contribution is 2.39. The summed E-state index contributed by atoms with van der Waals surface area (Å²) < 4.78 is 41.6. The van der Waals surface area contributed by atoms with Crippen LogP contribution in [0.3, 0.4) is 0 Å². The second-order valence-corrected chi connectivity index (χ2v) is 11.7. The molecule has 172 valence electrons. The fraction of sp³-hybridized carbons (Fsp3) is 0.292. The number of fused-ring (bicyclic) bond motifs is 1. The first kappa shape index (κ1) is 22.5. The maximum absolute atomic E-state index is 13.6. The number of thiophene rings is 1. The first-order valence-corrected chi connectivity index (χ1v) is 13.4. The van der Waals surface area contributed by atoms with Gasteiger partial charge in [-0.1, -0.05) is 23.7 Å². The molecule has 1 amide bonds. The smallest absolute Gasteiger partial charge is 0.243 e. The molecule has 5 nitrogen and oxygen atoms in total. The van der Waals surface area contributed by atoms with Crippen molar-refractivity contribution in [1.29, 1.82) is 0 Å². The van der Waals surface area contributed by atoms with Crippen LogP contribution in [0.2, 0.25) is 5.02 Å². The van der Waals surface area contributed by atoms with Gasteiger partial charge in [-0.25, -0.2) is 12.8 Å². The van der Waals surface area contributed by atoms with Gasteiger partial charge in [0.15, 0.2) is 0 Å². The molecule has 1 aromatic heterocycles. The summed E-state index contributed by atoms with van der Waals surface area (Å²) in [5.74, 6) is -0.599. The van der Waals surface area contributed by atoms with Gasteiger partial charge in [-0.15, -0.1) is 11.3 Å². The fourth-order valence-corrected chi connectivity index (χ4v) is 6.99. The number of hydrogen-bond acceptors (Lipinski definition) is 4. The topological polar surface area (TPSA) is 57.7 Å². The van der Waals surface area contributed by atoms with Gasteiger partial charge in [-0.2, -0.15) is 4.31 Å². The summed E-state index contributed by atoms with van der Waals surface area (Å²) in [5, 5.41) is 2.45. The van der Waals surface area contributed by atoms with E-state index in [1.807, 2.05) is 11.4 Å². The highest BCUT2D eigenvalue weighted by molar-refractivity contribution is 7.89. The molecule has 0 radical (unpaired) electrons. The average molecular weight is 505 g/mol. The molecule has 1 aliphatic carbocycles. The Bertz CT molecular complexity index is 1270. The molecule has 0 saturated heterocycles. The number of sulfonamides is 1. The summed E-state index contributed by atoms with van der Waals surface area (Å²) in [6, 6.07) is 13.6. The van der Waals surface area contributed by atoms with Crippen LogP contribution in [0.5, 0.6) is 0 Å². The van der Waals surface area contributed by atoms with Gasteiger partial charge in [0, 0.05) is 22.5 Å². The van der Waals surface area contributed by atoms with E-state index in [9.17, 15) is 17.6 Å². The normalized spacial score (nSPS) is 18.4. The Labute approximate surface area is 201 Å². The number of nitrogens with zero attached hydrogens (tertiary/aromatic N) is 2. The largest absolute Gasteiger partial charge is 0.330 e. The van der Waals surface area contributed by atoms with Crippen LogP contribution in [0, 0.1) is 5.82 Å². The van der Waals surface area contributed by atoms with Gasteiger partial charge >= 0.3 is 0 Å². The van der Waals surface area contributed by atoms with Crippen LogP contribution in [0.1, 0.15) is 34.9 Å². The Morgan fingerprint density at radius 3 is 2.45 bits per heavy atom. The Morgan fingerprint density at radius 1 is 1.09 bits per heavy atom. The van der Waals surface area contributed by atoms with Gasteiger partial charge in [-0.05, 0) is 78.2 Å². The van der Waals surface area contributed by atoms with Crippen molar-refractivity contribution >= 4 is 38.9 Å². The summed E-state index contributed by atoms with van der Waals surface area (Å²) in [6.45, 7) is 0.251. The predicted molar refractivity (Wildman–Crippen MR) is 126 cm³/mol. The number of rotatable bonds is 6. The lowest BCUT2D eigenvalue weighted by Crippen LogP contribution is -2.47. The van der Waals surface area contributed by atoms with Crippen molar-refractivity contribution in [2.24, 2.45) is 0 Å². The molecule has 2 aliphatic rings. The lowest BCUT2D eigenvalue weighted by Gasteiger charge is -2.37. The van der Waals surface area contributed by atoms with Crippen molar-refractivity contribution in [3.05, 3.63) is 86.8 Å². The van der Waals surface area contributed by atoms with Crippen molar-refractivity contribution in [3.8, 4) is 0 Å². The minimum Gasteiger partial charge on any atom is -0.330 e. The van der Waals surface area contributed by atoms with Crippen molar-refractivity contribution in [1.82, 2.24) is 9.21 Å². The molecule has 1 aliphatic heterocycles. The van der Waals surface area contributed by atoms with E-state index in [1.165, 1.54) is 45.6 Å². The quantitative estimate of drug-likeness (QED) is 0.481. The molecule has 0 unspecified atom stereocenters. The Hall–Kier alpha value is -2.26. The zero-order chi connectivity index (χ0) is 23.2. The standard InChI is InChI=1S/C24H22ClFN2O3S2/c25-17-3-9-20(10-4-17)33(30,31)28(19-7-8-19)15-23(29)27-13-11-22-21(12-14-32-22)24(27)16-1-5-18(26)6-2-16/h1-6,9-10,12,14,19,24H,7-8,11,13,15H2/t24-/m1/s1.